The van der Waals surface area contributed by atoms with Crippen LogP contribution in [0.5, 0.6) is 0 Å². The molecule has 2 bridgehead atoms. The lowest BCUT2D eigenvalue weighted by atomic mass is 9.68. The molecule has 0 aromatic carbocycles. The molecular formula is C12H14O2. The van der Waals surface area contributed by atoms with E-state index in [4.69, 9.17) is 0 Å². The minimum atomic E-state index is -0.0310. The van der Waals surface area contributed by atoms with Crippen molar-refractivity contribution in [3.05, 3.63) is 12.2 Å². The van der Waals surface area contributed by atoms with Gasteiger partial charge in [0.2, 0.25) is 0 Å². The lowest BCUT2D eigenvalue weighted by Crippen LogP contribution is -2.42. The van der Waals surface area contributed by atoms with Gasteiger partial charge in [-0.1, -0.05) is 19.1 Å². The van der Waals surface area contributed by atoms with Crippen molar-refractivity contribution < 1.29 is 9.59 Å². The zero-order valence-corrected chi connectivity index (χ0v) is 8.27. The van der Waals surface area contributed by atoms with Crippen LogP contribution in [0.15, 0.2) is 12.2 Å². The number of Topliss-reactive ketones (excluding diaryl/α,β-unsaturated/α-hetero) is 2. The highest BCUT2D eigenvalue weighted by molar-refractivity contribution is 5.99. The molecule has 2 fully saturated rings. The highest BCUT2D eigenvalue weighted by Crippen LogP contribution is 2.52. The van der Waals surface area contributed by atoms with Crippen molar-refractivity contribution in [1.29, 1.82) is 0 Å². The molecule has 5 atom stereocenters. The summed E-state index contributed by atoms with van der Waals surface area (Å²) in [6.07, 6.45) is 5.82. The first-order valence-electron chi connectivity index (χ1n) is 5.43. The molecule has 74 valence electrons. The lowest BCUT2D eigenvalue weighted by Gasteiger charge is -2.33. The molecule has 0 spiro atoms. The van der Waals surface area contributed by atoms with Crippen molar-refractivity contribution in [2.24, 2.45) is 29.6 Å². The summed E-state index contributed by atoms with van der Waals surface area (Å²) in [5.41, 5.74) is 0. The average Bonchev–Trinajstić information content (AvgIpc) is 2.73. The molecule has 0 saturated heterocycles. The fourth-order valence-electron chi connectivity index (χ4n) is 3.52. The van der Waals surface area contributed by atoms with Gasteiger partial charge >= 0.3 is 0 Å². The van der Waals surface area contributed by atoms with E-state index in [0.29, 0.717) is 29.8 Å². The van der Waals surface area contributed by atoms with Crippen LogP contribution in [0, 0.1) is 29.6 Å². The van der Waals surface area contributed by atoms with Gasteiger partial charge in [0.15, 0.2) is 0 Å². The van der Waals surface area contributed by atoms with Crippen LogP contribution in [0.2, 0.25) is 0 Å². The molecule has 0 heterocycles. The van der Waals surface area contributed by atoms with Gasteiger partial charge in [-0.3, -0.25) is 9.59 Å². The third kappa shape index (κ3) is 0.865. The van der Waals surface area contributed by atoms with Gasteiger partial charge in [-0.05, 0) is 18.3 Å². The van der Waals surface area contributed by atoms with Crippen LogP contribution in [0.4, 0.5) is 0 Å². The van der Waals surface area contributed by atoms with E-state index in [-0.39, 0.29) is 17.8 Å². The Morgan fingerprint density at radius 1 is 1.14 bits per heavy atom. The minimum absolute atomic E-state index is 0.0310. The fourth-order valence-corrected chi connectivity index (χ4v) is 3.52. The third-order valence-electron chi connectivity index (χ3n) is 4.15. The van der Waals surface area contributed by atoms with Crippen molar-refractivity contribution >= 4 is 11.6 Å². The van der Waals surface area contributed by atoms with E-state index >= 15 is 0 Å². The first-order chi connectivity index (χ1) is 6.68. The smallest absolute Gasteiger partial charge is 0.140 e. The number of hydrogen-bond donors (Lipinski definition) is 0. The van der Waals surface area contributed by atoms with Gasteiger partial charge in [0.05, 0.1) is 0 Å². The number of hydrogen-bond acceptors (Lipinski definition) is 2. The molecule has 2 saturated carbocycles. The summed E-state index contributed by atoms with van der Waals surface area (Å²) in [5, 5.41) is 0. The number of carbonyl (C=O) groups is 2. The van der Waals surface area contributed by atoms with Gasteiger partial charge < -0.3 is 0 Å². The maximum Gasteiger partial charge on any atom is 0.140 e. The van der Waals surface area contributed by atoms with E-state index in [1.807, 2.05) is 6.92 Å². The Morgan fingerprint density at radius 2 is 1.79 bits per heavy atom. The summed E-state index contributed by atoms with van der Waals surface area (Å²) in [4.78, 5) is 23.8. The standard InChI is InChI=1S/C12H14O2/c1-6-4-9(13)10-7-2-3-8(5-7)11(10)12(6)14/h2-3,6-8,10-11H,4-5H2,1H3. The molecule has 3 aliphatic carbocycles. The quantitative estimate of drug-likeness (QED) is 0.544. The Labute approximate surface area is 83.4 Å². The average molecular weight is 190 g/mol. The Balaban J connectivity index is 2.02. The van der Waals surface area contributed by atoms with Crippen molar-refractivity contribution in [2.45, 2.75) is 19.8 Å². The SMILES string of the molecule is CC1CC(=O)C2C3C=CC(C3)C2C1=O. The summed E-state index contributed by atoms with van der Waals surface area (Å²) >= 11 is 0. The molecule has 0 aromatic heterocycles. The molecule has 0 N–H and O–H groups in total. The summed E-state index contributed by atoms with van der Waals surface area (Å²) < 4.78 is 0. The predicted molar refractivity (Wildman–Crippen MR) is 51.5 cm³/mol. The van der Waals surface area contributed by atoms with E-state index in [1.54, 1.807) is 0 Å². The zero-order valence-electron chi connectivity index (χ0n) is 8.27. The van der Waals surface area contributed by atoms with Gasteiger partial charge in [0.1, 0.15) is 11.6 Å². The van der Waals surface area contributed by atoms with E-state index in [2.05, 4.69) is 12.2 Å². The maximum atomic E-state index is 12.0. The molecule has 3 rings (SSSR count). The highest BCUT2D eigenvalue weighted by Gasteiger charge is 2.54. The summed E-state index contributed by atoms with van der Waals surface area (Å²) in [6, 6.07) is 0. The van der Waals surface area contributed by atoms with E-state index in [0.717, 1.165) is 6.42 Å². The number of carbonyl (C=O) groups excluding carboxylic acids is 2. The molecule has 0 aromatic rings. The second-order valence-electron chi connectivity index (χ2n) is 4.97. The normalized spacial score (nSPS) is 49.9. The van der Waals surface area contributed by atoms with Crippen LogP contribution in [-0.4, -0.2) is 11.6 Å². The third-order valence-corrected chi connectivity index (χ3v) is 4.15. The van der Waals surface area contributed by atoms with E-state index in [9.17, 15) is 9.59 Å². The Morgan fingerprint density at radius 3 is 2.50 bits per heavy atom. The van der Waals surface area contributed by atoms with E-state index in [1.165, 1.54) is 0 Å². The molecular weight excluding hydrogens is 176 g/mol. The molecule has 2 nitrogen and oxygen atoms in total. The number of fused-ring (bicyclic) bond motifs is 5. The van der Waals surface area contributed by atoms with Crippen molar-refractivity contribution in [3.8, 4) is 0 Å². The fraction of sp³-hybridized carbons (Fsp3) is 0.667. The first-order valence-corrected chi connectivity index (χ1v) is 5.43. The van der Waals surface area contributed by atoms with Crippen molar-refractivity contribution in [2.75, 3.05) is 0 Å². The van der Waals surface area contributed by atoms with E-state index < -0.39 is 0 Å². The van der Waals surface area contributed by atoms with Crippen LogP contribution in [0.25, 0.3) is 0 Å². The largest absolute Gasteiger partial charge is 0.299 e. The summed E-state index contributed by atoms with van der Waals surface area (Å²) in [6.45, 7) is 1.90. The van der Waals surface area contributed by atoms with Crippen LogP contribution < -0.4 is 0 Å². The number of rotatable bonds is 0. The molecule has 2 heteroatoms. The van der Waals surface area contributed by atoms with Crippen molar-refractivity contribution in [1.82, 2.24) is 0 Å². The van der Waals surface area contributed by atoms with Crippen LogP contribution >= 0.6 is 0 Å². The Bertz CT molecular complexity index is 342. The van der Waals surface area contributed by atoms with Crippen LogP contribution in [-0.2, 0) is 9.59 Å². The molecule has 0 radical (unpaired) electrons. The Hall–Kier alpha value is -0.920. The van der Waals surface area contributed by atoms with Gasteiger partial charge in [0.25, 0.3) is 0 Å². The predicted octanol–water partition coefficient (Wildman–Crippen LogP) is 1.60. The highest BCUT2D eigenvalue weighted by atomic mass is 16.1. The number of allylic oxidation sites excluding steroid dienone is 2. The molecule has 5 unspecified atom stereocenters. The Kier molecular flexibility index (Phi) is 1.53. The lowest BCUT2D eigenvalue weighted by molar-refractivity contribution is -0.141. The van der Waals surface area contributed by atoms with Crippen molar-refractivity contribution in [3.63, 3.8) is 0 Å². The monoisotopic (exact) mass is 190 g/mol. The minimum Gasteiger partial charge on any atom is -0.299 e. The second kappa shape index (κ2) is 2.56. The second-order valence-corrected chi connectivity index (χ2v) is 4.97. The molecule has 0 aliphatic heterocycles. The maximum absolute atomic E-state index is 12.0. The molecule has 0 amide bonds. The van der Waals surface area contributed by atoms with Gasteiger partial charge in [0, 0.05) is 24.2 Å². The zero-order chi connectivity index (χ0) is 9.87. The molecule has 3 aliphatic rings. The summed E-state index contributed by atoms with van der Waals surface area (Å²) in [7, 11) is 0. The van der Waals surface area contributed by atoms with Crippen LogP contribution in [0.3, 0.4) is 0 Å². The van der Waals surface area contributed by atoms with Gasteiger partial charge in [-0.2, -0.15) is 0 Å². The van der Waals surface area contributed by atoms with Gasteiger partial charge in [-0.15, -0.1) is 0 Å². The van der Waals surface area contributed by atoms with Crippen LogP contribution in [0.1, 0.15) is 19.8 Å². The van der Waals surface area contributed by atoms with Gasteiger partial charge in [-0.25, -0.2) is 0 Å². The topological polar surface area (TPSA) is 34.1 Å². The first kappa shape index (κ1) is 8.39. The summed E-state index contributed by atoms with van der Waals surface area (Å²) in [5.74, 6) is 1.50. The molecule has 14 heavy (non-hydrogen) atoms. The number of ketones is 2.